The molecule has 2 rings (SSSR count). The van der Waals surface area contributed by atoms with Crippen LogP contribution in [0.3, 0.4) is 0 Å². The Labute approximate surface area is 93.5 Å². The number of halogens is 1. The Kier molecular flexibility index (Phi) is 2.53. The average Bonchev–Trinajstić information content (AvgIpc) is 2.48. The van der Waals surface area contributed by atoms with Crippen molar-refractivity contribution in [1.82, 2.24) is 4.57 Å². The van der Waals surface area contributed by atoms with Crippen molar-refractivity contribution in [2.24, 2.45) is 0 Å². The van der Waals surface area contributed by atoms with Crippen LogP contribution in [-0.2, 0) is 6.54 Å². The van der Waals surface area contributed by atoms with E-state index in [0.717, 1.165) is 29.3 Å². The summed E-state index contributed by atoms with van der Waals surface area (Å²) in [5, 5.41) is 1.48. The van der Waals surface area contributed by atoms with Crippen LogP contribution in [0.15, 0.2) is 18.2 Å². The maximum absolute atomic E-state index is 11.0. The van der Waals surface area contributed by atoms with Gasteiger partial charge in [0.05, 0.1) is 5.56 Å². The second-order valence-electron chi connectivity index (χ2n) is 3.59. The van der Waals surface area contributed by atoms with E-state index in [1.807, 2.05) is 36.6 Å². The van der Waals surface area contributed by atoms with Gasteiger partial charge in [-0.3, -0.25) is 4.79 Å². The van der Waals surface area contributed by atoms with Gasteiger partial charge in [-0.2, -0.15) is 0 Å². The van der Waals surface area contributed by atoms with E-state index in [1.54, 1.807) is 0 Å². The number of hydrogen-bond acceptors (Lipinski definition) is 1. The fraction of sp³-hybridized carbons (Fsp3) is 0.250. The Morgan fingerprint density at radius 1 is 1.47 bits per heavy atom. The van der Waals surface area contributed by atoms with E-state index < -0.39 is 0 Å². The van der Waals surface area contributed by atoms with Gasteiger partial charge in [0.2, 0.25) is 0 Å². The number of nitrogens with zero attached hydrogens (tertiary/aromatic N) is 1. The Morgan fingerprint density at radius 3 is 2.80 bits per heavy atom. The smallest absolute Gasteiger partial charge is 0.153 e. The number of fused-ring (bicyclic) bond motifs is 1. The van der Waals surface area contributed by atoms with E-state index in [2.05, 4.69) is 0 Å². The minimum Gasteiger partial charge on any atom is -0.331 e. The van der Waals surface area contributed by atoms with Crippen LogP contribution >= 0.6 is 11.6 Å². The van der Waals surface area contributed by atoms with Crippen molar-refractivity contribution in [2.75, 3.05) is 0 Å². The highest BCUT2D eigenvalue weighted by Crippen LogP contribution is 2.29. The second-order valence-corrected chi connectivity index (χ2v) is 3.95. The zero-order valence-electron chi connectivity index (χ0n) is 8.75. The summed E-state index contributed by atoms with van der Waals surface area (Å²) >= 11 is 6.14. The molecular formula is C12H12ClNO. The SMILES string of the molecule is CCn1c(Cl)c(C=O)c2cc(C)ccc21. The van der Waals surface area contributed by atoms with E-state index in [9.17, 15) is 4.79 Å². The molecule has 0 radical (unpaired) electrons. The highest BCUT2D eigenvalue weighted by atomic mass is 35.5. The third-order valence-electron chi connectivity index (χ3n) is 2.63. The second kappa shape index (κ2) is 3.70. The summed E-state index contributed by atoms with van der Waals surface area (Å²) < 4.78 is 1.94. The third kappa shape index (κ3) is 1.45. The monoisotopic (exact) mass is 221 g/mol. The van der Waals surface area contributed by atoms with Gasteiger partial charge in [-0.05, 0) is 26.0 Å². The zero-order chi connectivity index (χ0) is 11.0. The zero-order valence-corrected chi connectivity index (χ0v) is 9.51. The molecule has 1 heterocycles. The highest BCUT2D eigenvalue weighted by molar-refractivity contribution is 6.34. The molecule has 0 fully saturated rings. The lowest BCUT2D eigenvalue weighted by molar-refractivity contribution is 0.112. The summed E-state index contributed by atoms with van der Waals surface area (Å²) in [6.45, 7) is 4.79. The Hall–Kier alpha value is -1.28. The molecule has 1 aromatic heterocycles. The largest absolute Gasteiger partial charge is 0.331 e. The van der Waals surface area contributed by atoms with Crippen LogP contribution in [-0.4, -0.2) is 10.9 Å². The van der Waals surface area contributed by atoms with Gasteiger partial charge in [-0.1, -0.05) is 23.2 Å². The fourth-order valence-electron chi connectivity index (χ4n) is 1.88. The number of rotatable bonds is 2. The van der Waals surface area contributed by atoms with Crippen molar-refractivity contribution in [2.45, 2.75) is 20.4 Å². The molecule has 2 aromatic rings. The van der Waals surface area contributed by atoms with Crippen LogP contribution in [0.2, 0.25) is 5.15 Å². The van der Waals surface area contributed by atoms with E-state index in [0.29, 0.717) is 10.7 Å². The normalized spacial score (nSPS) is 10.9. The predicted molar refractivity (Wildman–Crippen MR) is 62.7 cm³/mol. The molecule has 0 amide bonds. The highest BCUT2D eigenvalue weighted by Gasteiger charge is 2.13. The number of aldehydes is 1. The van der Waals surface area contributed by atoms with Crippen LogP contribution in [0.5, 0.6) is 0 Å². The van der Waals surface area contributed by atoms with Gasteiger partial charge >= 0.3 is 0 Å². The standard InChI is InChI=1S/C12H12ClNO/c1-3-14-11-5-4-8(2)6-9(11)10(7-15)12(14)13/h4-7H,3H2,1-2H3. The lowest BCUT2D eigenvalue weighted by atomic mass is 10.1. The van der Waals surface area contributed by atoms with Crippen molar-refractivity contribution in [3.8, 4) is 0 Å². The average molecular weight is 222 g/mol. The van der Waals surface area contributed by atoms with Gasteiger partial charge in [-0.15, -0.1) is 0 Å². The van der Waals surface area contributed by atoms with Crippen molar-refractivity contribution in [3.05, 3.63) is 34.5 Å². The van der Waals surface area contributed by atoms with Crippen LogP contribution in [0, 0.1) is 6.92 Å². The molecule has 0 atom stereocenters. The Bertz CT molecular complexity index is 528. The van der Waals surface area contributed by atoms with Gasteiger partial charge in [-0.25, -0.2) is 0 Å². The maximum Gasteiger partial charge on any atom is 0.153 e. The lowest BCUT2D eigenvalue weighted by Crippen LogP contribution is -1.93. The minimum absolute atomic E-state index is 0.535. The summed E-state index contributed by atoms with van der Waals surface area (Å²) in [5.41, 5.74) is 2.75. The van der Waals surface area contributed by atoms with Crippen molar-refractivity contribution in [1.29, 1.82) is 0 Å². The molecule has 15 heavy (non-hydrogen) atoms. The van der Waals surface area contributed by atoms with Gasteiger partial charge in [0.25, 0.3) is 0 Å². The van der Waals surface area contributed by atoms with Gasteiger partial charge in [0, 0.05) is 17.4 Å². The molecule has 0 unspecified atom stereocenters. The topological polar surface area (TPSA) is 22.0 Å². The number of benzene rings is 1. The molecule has 0 aliphatic heterocycles. The summed E-state index contributed by atoms with van der Waals surface area (Å²) in [6, 6.07) is 6.03. The van der Waals surface area contributed by atoms with Crippen LogP contribution < -0.4 is 0 Å². The van der Waals surface area contributed by atoms with Gasteiger partial charge < -0.3 is 4.57 Å². The first kappa shape index (κ1) is 10.2. The van der Waals surface area contributed by atoms with Crippen molar-refractivity contribution in [3.63, 3.8) is 0 Å². The lowest BCUT2D eigenvalue weighted by Gasteiger charge is -2.01. The number of carbonyl (C=O) groups is 1. The third-order valence-corrected chi connectivity index (χ3v) is 3.03. The molecule has 0 bridgehead atoms. The quantitative estimate of drug-likeness (QED) is 0.713. The predicted octanol–water partition coefficient (Wildman–Crippen LogP) is 3.44. The Morgan fingerprint density at radius 2 is 2.20 bits per heavy atom. The van der Waals surface area contributed by atoms with Crippen molar-refractivity contribution < 1.29 is 4.79 Å². The number of aryl methyl sites for hydroxylation is 2. The summed E-state index contributed by atoms with van der Waals surface area (Å²) in [5.74, 6) is 0. The molecule has 0 spiro atoms. The minimum atomic E-state index is 0.535. The molecule has 0 aliphatic rings. The molecule has 3 heteroatoms. The molecule has 0 saturated carbocycles. The first-order chi connectivity index (χ1) is 7.19. The first-order valence-electron chi connectivity index (χ1n) is 4.92. The molecule has 0 N–H and O–H groups in total. The van der Waals surface area contributed by atoms with E-state index >= 15 is 0 Å². The molecular weight excluding hydrogens is 210 g/mol. The van der Waals surface area contributed by atoms with E-state index in [4.69, 9.17) is 11.6 Å². The van der Waals surface area contributed by atoms with E-state index in [-0.39, 0.29) is 0 Å². The molecule has 0 aliphatic carbocycles. The van der Waals surface area contributed by atoms with Crippen molar-refractivity contribution >= 4 is 28.8 Å². The fourth-order valence-corrected chi connectivity index (χ4v) is 2.24. The summed E-state index contributed by atoms with van der Waals surface area (Å²) in [7, 11) is 0. The van der Waals surface area contributed by atoms with Crippen LogP contribution in [0.4, 0.5) is 0 Å². The van der Waals surface area contributed by atoms with E-state index in [1.165, 1.54) is 0 Å². The maximum atomic E-state index is 11.0. The van der Waals surface area contributed by atoms with Crippen LogP contribution in [0.25, 0.3) is 10.9 Å². The molecule has 1 aromatic carbocycles. The molecule has 78 valence electrons. The number of aromatic nitrogens is 1. The van der Waals surface area contributed by atoms with Crippen LogP contribution in [0.1, 0.15) is 22.8 Å². The van der Waals surface area contributed by atoms with Gasteiger partial charge in [0.15, 0.2) is 6.29 Å². The number of carbonyl (C=O) groups excluding carboxylic acids is 1. The summed E-state index contributed by atoms with van der Waals surface area (Å²) in [6.07, 6.45) is 0.830. The molecule has 2 nitrogen and oxygen atoms in total. The number of hydrogen-bond donors (Lipinski definition) is 0. The van der Waals surface area contributed by atoms with Gasteiger partial charge in [0.1, 0.15) is 5.15 Å². The molecule has 0 saturated heterocycles. The summed E-state index contributed by atoms with van der Waals surface area (Å²) in [4.78, 5) is 11.0. The first-order valence-corrected chi connectivity index (χ1v) is 5.30. The Balaban J connectivity index is 2.91.